The maximum absolute atomic E-state index is 12.4. The molecule has 0 aliphatic rings. The molecule has 0 saturated heterocycles. The minimum Gasteiger partial charge on any atom is -0.476 e. The van der Waals surface area contributed by atoms with E-state index in [2.05, 4.69) is 21.0 Å². The third kappa shape index (κ3) is 2.47. The van der Waals surface area contributed by atoms with Crippen molar-refractivity contribution in [1.29, 1.82) is 0 Å². The highest BCUT2D eigenvalue weighted by molar-refractivity contribution is 9.10. The van der Waals surface area contributed by atoms with E-state index in [4.69, 9.17) is 5.11 Å². The van der Waals surface area contributed by atoms with E-state index in [-0.39, 0.29) is 16.6 Å². The molecular formula is C10H6BrF3N2O2. The molecule has 0 fully saturated rings. The second-order valence-electron chi connectivity index (χ2n) is 3.59. The number of hydrogen-bond donors (Lipinski definition) is 1. The van der Waals surface area contributed by atoms with Crippen LogP contribution in [-0.4, -0.2) is 27.0 Å². The summed E-state index contributed by atoms with van der Waals surface area (Å²) < 4.78 is 38.3. The van der Waals surface area contributed by atoms with Crippen LogP contribution in [0.5, 0.6) is 0 Å². The summed E-state index contributed by atoms with van der Waals surface area (Å²) in [7, 11) is 0. The van der Waals surface area contributed by atoms with Crippen molar-refractivity contribution in [2.45, 2.75) is 12.7 Å². The number of carboxylic acids is 1. The summed E-state index contributed by atoms with van der Waals surface area (Å²) in [4.78, 5) is 10.9. The van der Waals surface area contributed by atoms with E-state index in [0.717, 1.165) is 0 Å². The maximum atomic E-state index is 12.4. The van der Waals surface area contributed by atoms with Gasteiger partial charge in [-0.3, -0.25) is 4.68 Å². The van der Waals surface area contributed by atoms with Gasteiger partial charge in [0.1, 0.15) is 6.54 Å². The number of carbonyl (C=O) groups is 1. The van der Waals surface area contributed by atoms with Crippen LogP contribution in [0.25, 0.3) is 10.9 Å². The smallest absolute Gasteiger partial charge is 0.408 e. The first-order valence-electron chi connectivity index (χ1n) is 4.74. The fourth-order valence-electron chi connectivity index (χ4n) is 1.60. The Balaban J connectivity index is 2.65. The number of rotatable bonds is 2. The SMILES string of the molecule is O=C(O)c1nn(CC(F)(F)F)c2cc(Br)ccc12. The van der Waals surface area contributed by atoms with Crippen molar-refractivity contribution in [2.24, 2.45) is 0 Å². The quantitative estimate of drug-likeness (QED) is 0.924. The first kappa shape index (κ1) is 12.9. The molecule has 1 heterocycles. The molecule has 0 spiro atoms. The number of benzene rings is 1. The predicted octanol–water partition coefficient (Wildman–Crippen LogP) is 3.06. The average molecular weight is 323 g/mol. The lowest BCUT2D eigenvalue weighted by Gasteiger charge is -2.07. The summed E-state index contributed by atoms with van der Waals surface area (Å²) in [6.45, 7) is -1.33. The normalized spacial score (nSPS) is 12.0. The molecule has 2 rings (SSSR count). The molecule has 2 aromatic rings. The zero-order valence-electron chi connectivity index (χ0n) is 8.70. The van der Waals surface area contributed by atoms with Crippen LogP contribution in [0.2, 0.25) is 0 Å². The monoisotopic (exact) mass is 322 g/mol. The van der Waals surface area contributed by atoms with Crippen molar-refractivity contribution in [3.8, 4) is 0 Å². The summed E-state index contributed by atoms with van der Waals surface area (Å²) in [6, 6.07) is 4.37. The number of halogens is 4. The van der Waals surface area contributed by atoms with Crippen molar-refractivity contribution in [3.05, 3.63) is 28.4 Å². The van der Waals surface area contributed by atoms with Gasteiger partial charge in [-0.15, -0.1) is 0 Å². The average Bonchev–Trinajstić information content (AvgIpc) is 2.54. The van der Waals surface area contributed by atoms with E-state index in [0.29, 0.717) is 9.15 Å². The highest BCUT2D eigenvalue weighted by Crippen LogP contribution is 2.26. The number of carboxylic acid groups (broad SMARTS) is 1. The van der Waals surface area contributed by atoms with Gasteiger partial charge in [-0.05, 0) is 18.2 Å². The molecule has 0 bridgehead atoms. The Bertz CT molecular complexity index is 621. The highest BCUT2D eigenvalue weighted by atomic mass is 79.9. The standard InChI is InChI=1S/C10H6BrF3N2O2/c11-5-1-2-6-7(3-5)16(4-10(12,13)14)15-8(6)9(17)18/h1-3H,4H2,(H,17,18). The molecule has 1 N–H and O–H groups in total. The number of alkyl halides is 3. The van der Waals surface area contributed by atoms with E-state index in [1.165, 1.54) is 12.1 Å². The molecule has 0 atom stereocenters. The van der Waals surface area contributed by atoms with Crippen LogP contribution in [0, 0.1) is 0 Å². The molecule has 8 heteroatoms. The molecule has 0 radical (unpaired) electrons. The van der Waals surface area contributed by atoms with Crippen LogP contribution in [0.4, 0.5) is 13.2 Å². The van der Waals surface area contributed by atoms with Crippen LogP contribution in [0.15, 0.2) is 22.7 Å². The van der Waals surface area contributed by atoms with Crippen LogP contribution in [-0.2, 0) is 6.54 Å². The minimum atomic E-state index is -4.46. The van der Waals surface area contributed by atoms with E-state index < -0.39 is 18.7 Å². The summed E-state index contributed by atoms with van der Waals surface area (Å²) >= 11 is 3.12. The second-order valence-corrected chi connectivity index (χ2v) is 4.50. The largest absolute Gasteiger partial charge is 0.476 e. The van der Waals surface area contributed by atoms with E-state index >= 15 is 0 Å². The van der Waals surface area contributed by atoms with Gasteiger partial charge in [-0.1, -0.05) is 15.9 Å². The number of fused-ring (bicyclic) bond motifs is 1. The van der Waals surface area contributed by atoms with Crippen molar-refractivity contribution in [2.75, 3.05) is 0 Å². The van der Waals surface area contributed by atoms with Crippen LogP contribution < -0.4 is 0 Å². The molecule has 0 amide bonds. The van der Waals surface area contributed by atoms with Crippen molar-refractivity contribution in [3.63, 3.8) is 0 Å². The van der Waals surface area contributed by atoms with Crippen LogP contribution >= 0.6 is 15.9 Å². The molecule has 0 aliphatic carbocycles. The molecule has 1 aromatic carbocycles. The van der Waals surface area contributed by atoms with E-state index in [1.807, 2.05) is 0 Å². The Kier molecular flexibility index (Phi) is 3.05. The van der Waals surface area contributed by atoms with Gasteiger partial charge in [-0.2, -0.15) is 18.3 Å². The lowest BCUT2D eigenvalue weighted by atomic mass is 10.2. The summed E-state index contributed by atoms with van der Waals surface area (Å²) in [5.41, 5.74) is -0.263. The van der Waals surface area contributed by atoms with Crippen molar-refractivity contribution >= 4 is 32.8 Å². The fourth-order valence-corrected chi connectivity index (χ4v) is 1.94. The third-order valence-electron chi connectivity index (χ3n) is 2.25. The van der Waals surface area contributed by atoms with Crippen LogP contribution in [0.3, 0.4) is 0 Å². The van der Waals surface area contributed by atoms with Gasteiger partial charge in [0, 0.05) is 9.86 Å². The van der Waals surface area contributed by atoms with Gasteiger partial charge in [0.25, 0.3) is 0 Å². The Morgan fingerprint density at radius 3 is 2.67 bits per heavy atom. The minimum absolute atomic E-state index is 0.124. The molecule has 1 aromatic heterocycles. The fraction of sp³-hybridized carbons (Fsp3) is 0.200. The number of aromatic carboxylic acids is 1. The first-order chi connectivity index (χ1) is 8.28. The Hall–Kier alpha value is -1.57. The lowest BCUT2D eigenvalue weighted by molar-refractivity contribution is -0.141. The highest BCUT2D eigenvalue weighted by Gasteiger charge is 2.30. The second kappa shape index (κ2) is 4.27. The zero-order valence-corrected chi connectivity index (χ0v) is 10.3. The van der Waals surface area contributed by atoms with Gasteiger partial charge >= 0.3 is 12.1 Å². The van der Waals surface area contributed by atoms with E-state index in [1.54, 1.807) is 6.07 Å². The van der Waals surface area contributed by atoms with Gasteiger partial charge < -0.3 is 5.11 Å². The third-order valence-corrected chi connectivity index (χ3v) is 2.74. The number of aromatic nitrogens is 2. The van der Waals surface area contributed by atoms with Crippen molar-refractivity contribution in [1.82, 2.24) is 9.78 Å². The molecule has 0 unspecified atom stereocenters. The molecule has 18 heavy (non-hydrogen) atoms. The number of hydrogen-bond acceptors (Lipinski definition) is 2. The molecule has 0 aliphatic heterocycles. The first-order valence-corrected chi connectivity index (χ1v) is 5.53. The van der Waals surface area contributed by atoms with Crippen molar-refractivity contribution < 1.29 is 23.1 Å². The summed E-state index contributed by atoms with van der Waals surface area (Å²) in [5.74, 6) is -1.36. The summed E-state index contributed by atoms with van der Waals surface area (Å²) in [5, 5.41) is 12.6. The maximum Gasteiger partial charge on any atom is 0.408 e. The zero-order chi connectivity index (χ0) is 13.5. The van der Waals surface area contributed by atoms with Gasteiger partial charge in [0.05, 0.1) is 5.52 Å². The predicted molar refractivity (Wildman–Crippen MR) is 60.4 cm³/mol. The van der Waals surface area contributed by atoms with Gasteiger partial charge in [0.2, 0.25) is 0 Å². The topological polar surface area (TPSA) is 55.1 Å². The summed E-state index contributed by atoms with van der Waals surface area (Å²) in [6.07, 6.45) is -4.46. The molecule has 0 saturated carbocycles. The molecule has 96 valence electrons. The molecule has 4 nitrogen and oxygen atoms in total. The Labute approximate surface area is 107 Å². The number of nitrogens with zero attached hydrogens (tertiary/aromatic N) is 2. The van der Waals surface area contributed by atoms with Crippen LogP contribution in [0.1, 0.15) is 10.5 Å². The Morgan fingerprint density at radius 1 is 1.44 bits per heavy atom. The van der Waals surface area contributed by atoms with E-state index in [9.17, 15) is 18.0 Å². The molecular weight excluding hydrogens is 317 g/mol. The lowest BCUT2D eigenvalue weighted by Crippen LogP contribution is -2.19. The Morgan fingerprint density at radius 2 is 2.11 bits per heavy atom. The van der Waals surface area contributed by atoms with Gasteiger partial charge in [-0.25, -0.2) is 4.79 Å². The van der Waals surface area contributed by atoms with Gasteiger partial charge in [0.15, 0.2) is 5.69 Å².